The lowest BCUT2D eigenvalue weighted by molar-refractivity contribution is -0.118. The Morgan fingerprint density at radius 1 is 1.22 bits per heavy atom. The van der Waals surface area contributed by atoms with Crippen LogP contribution in [0.5, 0.6) is 0 Å². The van der Waals surface area contributed by atoms with Crippen LogP contribution in [0.2, 0.25) is 0 Å². The van der Waals surface area contributed by atoms with Crippen LogP contribution in [-0.2, 0) is 14.9 Å². The lowest BCUT2D eigenvalue weighted by Gasteiger charge is -2.33. The largest absolute Gasteiger partial charge is 0.390 e. The molecule has 4 fully saturated rings. The van der Waals surface area contributed by atoms with E-state index in [9.17, 15) is 9.90 Å². The number of benzene rings is 1. The van der Waals surface area contributed by atoms with E-state index in [0.29, 0.717) is 29.9 Å². The van der Waals surface area contributed by atoms with Crippen molar-refractivity contribution >= 4 is 18.2 Å². The number of hydrogen-bond acceptors (Lipinski definition) is 6. The molecule has 2 heterocycles. The molecule has 2 saturated heterocycles. The fraction of sp³-hybridized carbons (Fsp3) is 0.600. The van der Waals surface area contributed by atoms with Crippen LogP contribution in [0.4, 0.5) is 0 Å². The number of nitrogens with zero attached hydrogens (tertiary/aromatic N) is 2. The summed E-state index contributed by atoms with van der Waals surface area (Å²) in [6, 6.07) is 9.56. The summed E-state index contributed by atoms with van der Waals surface area (Å²) in [5, 5.41) is 13.3. The Labute approximate surface area is 220 Å². The van der Waals surface area contributed by atoms with E-state index < -0.39 is 5.60 Å². The zero-order chi connectivity index (χ0) is 26.2. The summed E-state index contributed by atoms with van der Waals surface area (Å²) in [4.78, 5) is 19.7. The van der Waals surface area contributed by atoms with Crippen molar-refractivity contribution in [2.75, 3.05) is 26.3 Å². The van der Waals surface area contributed by atoms with E-state index in [4.69, 9.17) is 10.5 Å². The second-order valence-corrected chi connectivity index (χ2v) is 11.9. The first-order valence-electron chi connectivity index (χ1n) is 13.8. The Bertz CT molecular complexity index is 1080. The molecule has 37 heavy (non-hydrogen) atoms. The molecule has 2 saturated carbocycles. The number of aliphatic hydroxyl groups is 1. The van der Waals surface area contributed by atoms with Crippen molar-refractivity contribution < 1.29 is 14.6 Å². The van der Waals surface area contributed by atoms with Gasteiger partial charge in [0.05, 0.1) is 11.2 Å². The first-order chi connectivity index (χ1) is 17.7. The van der Waals surface area contributed by atoms with E-state index in [1.54, 1.807) is 0 Å². The van der Waals surface area contributed by atoms with Crippen LogP contribution in [0.1, 0.15) is 69.9 Å². The maximum Gasteiger partial charge on any atom is 0.255 e. The van der Waals surface area contributed by atoms with Gasteiger partial charge in [0.1, 0.15) is 5.82 Å². The number of piperidine rings is 1. The number of carbonyl (C=O) groups is 1. The normalized spacial score (nSPS) is 33.4. The Morgan fingerprint density at radius 3 is 2.54 bits per heavy atom. The summed E-state index contributed by atoms with van der Waals surface area (Å²) < 4.78 is 5.57. The van der Waals surface area contributed by atoms with Gasteiger partial charge in [-0.25, -0.2) is 4.99 Å². The molecule has 0 spiro atoms. The number of fused-ring (bicyclic) bond motifs is 1. The van der Waals surface area contributed by atoms with E-state index in [0.717, 1.165) is 62.5 Å². The molecule has 200 valence electrons. The number of nitrogens with two attached hydrogens (primary N) is 1. The predicted octanol–water partition coefficient (Wildman–Crippen LogP) is 3.52. The van der Waals surface area contributed by atoms with Crippen LogP contribution in [-0.4, -0.2) is 66.6 Å². The lowest BCUT2D eigenvalue weighted by Crippen LogP contribution is -2.42. The highest BCUT2D eigenvalue weighted by molar-refractivity contribution is 5.99. The van der Waals surface area contributed by atoms with Crippen molar-refractivity contribution in [1.29, 1.82) is 0 Å². The summed E-state index contributed by atoms with van der Waals surface area (Å²) in [6.45, 7) is 11.5. The molecule has 1 aromatic carbocycles. The van der Waals surface area contributed by atoms with Crippen LogP contribution in [0.3, 0.4) is 0 Å². The van der Waals surface area contributed by atoms with Gasteiger partial charge in [-0.2, -0.15) is 0 Å². The second kappa shape index (κ2) is 10.4. The standard InChI is InChI=1S/C30H42N4O3/c1-20(16-26(27(31)32-3)28(35)33-24-8-12-29(2,36)13-9-24)21-4-6-22(7-5-21)30-17-23(30)18-34(19-30)25-10-14-37-15-11-25/h4-7,16,23-25,36H,3,8-15,17-19,31H2,1-2H3,(H,33,35)/b20-16+,27-26+/t23-,24-,29-,30+/m0/s1. The number of carbonyl (C=O) groups excluding carboxylic acids is 1. The molecule has 1 amide bonds. The number of ether oxygens (including phenoxy) is 1. The van der Waals surface area contributed by atoms with Gasteiger partial charge in [0.15, 0.2) is 0 Å². The number of amides is 1. The topological polar surface area (TPSA) is 100 Å². The van der Waals surface area contributed by atoms with Gasteiger partial charge in [0.25, 0.3) is 5.91 Å². The minimum absolute atomic E-state index is 0.0196. The molecule has 0 aromatic heterocycles. The van der Waals surface area contributed by atoms with Gasteiger partial charge >= 0.3 is 0 Å². The summed E-state index contributed by atoms with van der Waals surface area (Å²) in [6.07, 6.45) is 8.22. The number of aliphatic imine (C=N–C) groups is 1. The molecular formula is C30H42N4O3. The molecule has 7 nitrogen and oxygen atoms in total. The van der Waals surface area contributed by atoms with Crippen molar-refractivity contribution in [1.82, 2.24) is 10.2 Å². The molecule has 4 N–H and O–H groups in total. The molecule has 4 aliphatic rings. The highest BCUT2D eigenvalue weighted by atomic mass is 16.5. The summed E-state index contributed by atoms with van der Waals surface area (Å²) >= 11 is 0. The van der Waals surface area contributed by atoms with Crippen LogP contribution >= 0.6 is 0 Å². The van der Waals surface area contributed by atoms with E-state index in [1.807, 2.05) is 19.9 Å². The van der Waals surface area contributed by atoms with E-state index >= 15 is 0 Å². The van der Waals surface area contributed by atoms with E-state index in [1.165, 1.54) is 18.5 Å². The molecule has 1 aromatic rings. The van der Waals surface area contributed by atoms with Crippen LogP contribution in [0, 0.1) is 5.92 Å². The first kappa shape index (κ1) is 26.1. The van der Waals surface area contributed by atoms with Gasteiger partial charge in [-0.05, 0) is 94.2 Å². The molecular weight excluding hydrogens is 464 g/mol. The Kier molecular flexibility index (Phi) is 7.31. The zero-order valence-electron chi connectivity index (χ0n) is 22.3. The van der Waals surface area contributed by atoms with Gasteiger partial charge < -0.3 is 20.9 Å². The van der Waals surface area contributed by atoms with Crippen molar-refractivity contribution in [3.8, 4) is 0 Å². The molecule has 2 aliphatic heterocycles. The summed E-state index contributed by atoms with van der Waals surface area (Å²) in [7, 11) is 0. The van der Waals surface area contributed by atoms with Gasteiger partial charge in [0, 0.05) is 43.8 Å². The zero-order valence-corrected chi connectivity index (χ0v) is 22.3. The van der Waals surface area contributed by atoms with Gasteiger partial charge in [-0.1, -0.05) is 24.3 Å². The average molecular weight is 507 g/mol. The molecule has 7 heteroatoms. The summed E-state index contributed by atoms with van der Waals surface area (Å²) in [5.74, 6) is 0.638. The van der Waals surface area contributed by atoms with Gasteiger partial charge in [-0.15, -0.1) is 0 Å². The fourth-order valence-electron chi connectivity index (χ4n) is 6.65. The summed E-state index contributed by atoms with van der Waals surface area (Å²) in [5.41, 5.74) is 9.52. The maximum atomic E-state index is 13.1. The van der Waals surface area contributed by atoms with Gasteiger partial charge in [0.2, 0.25) is 0 Å². The smallest absolute Gasteiger partial charge is 0.255 e. The number of nitrogens with one attached hydrogen (secondary N) is 1. The number of allylic oxidation sites excluding steroid dienone is 1. The fourth-order valence-corrected chi connectivity index (χ4v) is 6.65. The SMILES string of the molecule is C=N/C(N)=C(\C=C(/C)c1ccc([C@]23C[C@H]2CN(C2CCOCC2)C3)cc1)C(=O)N[C@H]1CC[C@](C)(O)CC1. The Hall–Kier alpha value is -2.48. The molecule has 0 unspecified atom stereocenters. The monoisotopic (exact) mass is 506 g/mol. The van der Waals surface area contributed by atoms with Crippen molar-refractivity contribution in [3.05, 3.63) is 52.9 Å². The highest BCUT2D eigenvalue weighted by Gasteiger charge is 2.61. The molecule has 0 radical (unpaired) electrons. The quantitative estimate of drug-likeness (QED) is 0.299. The van der Waals surface area contributed by atoms with Crippen molar-refractivity contribution in [2.24, 2.45) is 16.6 Å². The minimum atomic E-state index is -0.647. The lowest BCUT2D eigenvalue weighted by atomic mass is 9.83. The third kappa shape index (κ3) is 5.54. The third-order valence-electron chi connectivity index (χ3n) is 9.24. The average Bonchev–Trinajstić information content (AvgIpc) is 3.48. The van der Waals surface area contributed by atoms with Crippen LogP contribution in [0.25, 0.3) is 5.57 Å². The van der Waals surface area contributed by atoms with E-state index in [2.05, 4.69) is 46.2 Å². The number of likely N-dealkylation sites (tertiary alicyclic amines) is 1. The number of hydrogen-bond donors (Lipinski definition) is 3. The van der Waals surface area contributed by atoms with E-state index in [-0.39, 0.29) is 17.8 Å². The number of rotatable bonds is 7. The first-order valence-corrected chi connectivity index (χ1v) is 13.8. The highest BCUT2D eigenvalue weighted by Crippen LogP contribution is 2.59. The maximum absolute atomic E-state index is 13.1. The van der Waals surface area contributed by atoms with Crippen molar-refractivity contribution in [2.45, 2.75) is 81.9 Å². The van der Waals surface area contributed by atoms with Crippen LogP contribution < -0.4 is 11.1 Å². The Balaban J connectivity index is 1.26. The molecule has 0 bridgehead atoms. The van der Waals surface area contributed by atoms with Gasteiger partial charge in [-0.3, -0.25) is 9.69 Å². The second-order valence-electron chi connectivity index (χ2n) is 11.9. The van der Waals surface area contributed by atoms with Crippen molar-refractivity contribution in [3.63, 3.8) is 0 Å². The van der Waals surface area contributed by atoms with Crippen LogP contribution in [0.15, 0.2) is 46.7 Å². The minimum Gasteiger partial charge on any atom is -0.390 e. The Morgan fingerprint density at radius 2 is 1.89 bits per heavy atom. The molecule has 5 rings (SSSR count). The molecule has 2 atom stereocenters. The predicted molar refractivity (Wildman–Crippen MR) is 147 cm³/mol. The third-order valence-corrected chi connectivity index (χ3v) is 9.24. The molecule has 2 aliphatic carbocycles.